The van der Waals surface area contributed by atoms with Crippen LogP contribution in [0.25, 0.3) is 11.5 Å². The fourth-order valence-electron chi connectivity index (χ4n) is 3.69. The summed E-state index contributed by atoms with van der Waals surface area (Å²) in [6.45, 7) is 4.71. The summed E-state index contributed by atoms with van der Waals surface area (Å²) >= 11 is 0. The summed E-state index contributed by atoms with van der Waals surface area (Å²) in [5.41, 5.74) is 2.51. The topological polar surface area (TPSA) is 108 Å². The van der Waals surface area contributed by atoms with Gasteiger partial charge in [0.1, 0.15) is 5.69 Å². The van der Waals surface area contributed by atoms with E-state index in [9.17, 15) is 13.2 Å². The minimum absolute atomic E-state index is 0.123. The van der Waals surface area contributed by atoms with Crippen molar-refractivity contribution in [3.63, 3.8) is 0 Å². The molecule has 2 aromatic heterocycles. The van der Waals surface area contributed by atoms with Crippen molar-refractivity contribution in [3.8, 4) is 11.5 Å². The molecule has 0 bridgehead atoms. The highest BCUT2D eigenvalue weighted by atomic mass is 32.2. The lowest BCUT2D eigenvalue weighted by Crippen LogP contribution is -2.43. The molecule has 1 aliphatic heterocycles. The van der Waals surface area contributed by atoms with E-state index in [-0.39, 0.29) is 17.5 Å². The first-order chi connectivity index (χ1) is 14.8. The summed E-state index contributed by atoms with van der Waals surface area (Å²) in [6.07, 6.45) is 2.81. The number of hydrogen-bond donors (Lipinski definition) is 2. The largest absolute Gasteiger partial charge is 0.442 e. The molecule has 164 valence electrons. The molecular formula is C22H26N4O4S. The standard InChI is InChI=1S/C22H26N4O4S/c1-15(2)16-5-7-18(8-6-16)24-22(27)17-4-3-13-26(14-17)31(28,29)21-10-9-20(30-21)19-11-12-23-25-19/h5-12,15,17H,3-4,13-14H2,1-2H3,(H,23,25)(H,24,27)/t17-/m0/s1. The van der Waals surface area contributed by atoms with E-state index in [1.54, 1.807) is 18.3 Å². The van der Waals surface area contributed by atoms with Crippen molar-refractivity contribution in [3.05, 3.63) is 54.2 Å². The molecule has 1 atom stereocenters. The Hall–Kier alpha value is -2.91. The predicted molar refractivity (Wildman–Crippen MR) is 117 cm³/mol. The number of amides is 1. The van der Waals surface area contributed by atoms with Crippen molar-refractivity contribution in [2.24, 2.45) is 5.92 Å². The molecule has 1 aromatic carbocycles. The second-order valence-electron chi connectivity index (χ2n) is 8.06. The smallest absolute Gasteiger partial charge is 0.276 e. The number of aromatic nitrogens is 2. The third kappa shape index (κ3) is 4.57. The Bertz CT molecular complexity index is 1130. The van der Waals surface area contributed by atoms with Gasteiger partial charge in [0.15, 0.2) is 5.76 Å². The number of carbonyl (C=O) groups excluding carboxylic acids is 1. The molecule has 4 rings (SSSR count). The molecule has 1 fully saturated rings. The van der Waals surface area contributed by atoms with Crippen LogP contribution in [0, 0.1) is 5.92 Å². The molecule has 31 heavy (non-hydrogen) atoms. The lowest BCUT2D eigenvalue weighted by molar-refractivity contribution is -0.120. The van der Waals surface area contributed by atoms with E-state index in [0.29, 0.717) is 42.4 Å². The summed E-state index contributed by atoms with van der Waals surface area (Å²) in [7, 11) is -3.83. The number of sulfonamides is 1. The number of carbonyl (C=O) groups is 1. The van der Waals surface area contributed by atoms with Crippen LogP contribution in [0.4, 0.5) is 5.69 Å². The van der Waals surface area contributed by atoms with E-state index < -0.39 is 15.9 Å². The Morgan fingerprint density at radius 2 is 1.97 bits per heavy atom. The molecule has 0 radical (unpaired) electrons. The minimum Gasteiger partial charge on any atom is -0.442 e. The molecule has 9 heteroatoms. The van der Waals surface area contributed by atoms with Crippen LogP contribution >= 0.6 is 0 Å². The molecule has 1 amide bonds. The quantitative estimate of drug-likeness (QED) is 0.603. The minimum atomic E-state index is -3.83. The van der Waals surface area contributed by atoms with Gasteiger partial charge in [0, 0.05) is 25.0 Å². The van der Waals surface area contributed by atoms with Gasteiger partial charge in [0.25, 0.3) is 10.0 Å². The molecule has 3 aromatic rings. The number of H-pyrrole nitrogens is 1. The zero-order valence-corrected chi connectivity index (χ0v) is 18.4. The highest BCUT2D eigenvalue weighted by Crippen LogP contribution is 2.28. The maximum Gasteiger partial charge on any atom is 0.276 e. The predicted octanol–water partition coefficient (Wildman–Crippen LogP) is 3.83. The maximum atomic E-state index is 13.1. The monoisotopic (exact) mass is 442 g/mol. The fraction of sp³-hybridized carbons (Fsp3) is 0.364. The van der Waals surface area contributed by atoms with Gasteiger partial charge in [-0.15, -0.1) is 0 Å². The van der Waals surface area contributed by atoms with Crippen LogP contribution in [0.3, 0.4) is 0 Å². The summed E-state index contributed by atoms with van der Waals surface area (Å²) in [5, 5.41) is 9.38. The molecular weight excluding hydrogens is 416 g/mol. The van der Waals surface area contributed by atoms with Gasteiger partial charge in [-0.2, -0.15) is 9.40 Å². The Balaban J connectivity index is 1.44. The van der Waals surface area contributed by atoms with E-state index in [1.807, 2.05) is 24.3 Å². The lowest BCUT2D eigenvalue weighted by Gasteiger charge is -2.30. The third-order valence-corrected chi connectivity index (χ3v) is 7.28. The number of nitrogens with one attached hydrogen (secondary N) is 2. The van der Waals surface area contributed by atoms with Crippen LogP contribution in [-0.2, 0) is 14.8 Å². The number of benzene rings is 1. The van der Waals surface area contributed by atoms with Crippen molar-refractivity contribution in [1.82, 2.24) is 14.5 Å². The Morgan fingerprint density at radius 3 is 2.65 bits per heavy atom. The highest BCUT2D eigenvalue weighted by Gasteiger charge is 2.35. The van der Waals surface area contributed by atoms with Gasteiger partial charge >= 0.3 is 0 Å². The van der Waals surface area contributed by atoms with Crippen molar-refractivity contribution < 1.29 is 17.6 Å². The molecule has 0 saturated carbocycles. The van der Waals surface area contributed by atoms with Gasteiger partial charge in [0.05, 0.1) is 5.92 Å². The average molecular weight is 443 g/mol. The molecule has 0 spiro atoms. The number of furan rings is 1. The number of anilines is 1. The Labute approximate surface area is 181 Å². The van der Waals surface area contributed by atoms with Gasteiger partial charge in [-0.3, -0.25) is 9.89 Å². The second-order valence-corrected chi connectivity index (χ2v) is 9.93. The van der Waals surface area contributed by atoms with E-state index >= 15 is 0 Å². The van der Waals surface area contributed by atoms with E-state index in [1.165, 1.54) is 15.9 Å². The van der Waals surface area contributed by atoms with Gasteiger partial charge < -0.3 is 9.73 Å². The van der Waals surface area contributed by atoms with Crippen LogP contribution in [0.5, 0.6) is 0 Å². The van der Waals surface area contributed by atoms with E-state index in [2.05, 4.69) is 29.4 Å². The molecule has 3 heterocycles. The highest BCUT2D eigenvalue weighted by molar-refractivity contribution is 7.89. The molecule has 1 saturated heterocycles. The second kappa shape index (κ2) is 8.68. The first-order valence-electron chi connectivity index (χ1n) is 10.3. The number of nitrogens with zero attached hydrogens (tertiary/aromatic N) is 2. The number of hydrogen-bond acceptors (Lipinski definition) is 5. The van der Waals surface area contributed by atoms with Crippen LogP contribution in [0.2, 0.25) is 0 Å². The fourth-order valence-corrected chi connectivity index (χ4v) is 5.13. The molecule has 2 N–H and O–H groups in total. The summed E-state index contributed by atoms with van der Waals surface area (Å²) in [5.74, 6) is 0.217. The first kappa shape index (κ1) is 21.3. The summed E-state index contributed by atoms with van der Waals surface area (Å²) < 4.78 is 33.0. The summed E-state index contributed by atoms with van der Waals surface area (Å²) in [4.78, 5) is 12.8. The van der Waals surface area contributed by atoms with Crippen molar-refractivity contribution in [2.45, 2.75) is 37.7 Å². The first-order valence-corrected chi connectivity index (χ1v) is 11.8. The van der Waals surface area contributed by atoms with Gasteiger partial charge in [-0.1, -0.05) is 26.0 Å². The zero-order chi connectivity index (χ0) is 22.0. The number of rotatable bonds is 6. The van der Waals surface area contributed by atoms with Gasteiger partial charge in [0.2, 0.25) is 11.0 Å². The van der Waals surface area contributed by atoms with Crippen LogP contribution in [0.1, 0.15) is 38.2 Å². The molecule has 8 nitrogen and oxygen atoms in total. The number of aromatic amines is 1. The Morgan fingerprint density at radius 1 is 1.19 bits per heavy atom. The molecule has 0 unspecified atom stereocenters. The molecule has 1 aliphatic rings. The van der Waals surface area contributed by atoms with Crippen molar-refractivity contribution in [1.29, 1.82) is 0 Å². The third-order valence-electron chi connectivity index (χ3n) is 5.54. The molecule has 0 aliphatic carbocycles. The van der Waals surface area contributed by atoms with Crippen LogP contribution < -0.4 is 5.32 Å². The van der Waals surface area contributed by atoms with Crippen molar-refractivity contribution >= 4 is 21.6 Å². The average Bonchev–Trinajstić information content (AvgIpc) is 3.46. The van der Waals surface area contributed by atoms with E-state index in [4.69, 9.17) is 4.42 Å². The normalized spacial score (nSPS) is 17.7. The van der Waals surface area contributed by atoms with Crippen LogP contribution in [0.15, 0.2) is 58.2 Å². The summed E-state index contributed by atoms with van der Waals surface area (Å²) in [6, 6.07) is 12.5. The van der Waals surface area contributed by atoms with E-state index in [0.717, 1.165) is 0 Å². The van der Waals surface area contributed by atoms with Crippen LogP contribution in [-0.4, -0.2) is 41.9 Å². The van der Waals surface area contributed by atoms with Crippen molar-refractivity contribution in [2.75, 3.05) is 18.4 Å². The van der Waals surface area contributed by atoms with Gasteiger partial charge in [-0.05, 0) is 54.7 Å². The Kier molecular flexibility index (Phi) is 5.97. The maximum absolute atomic E-state index is 13.1. The lowest BCUT2D eigenvalue weighted by atomic mass is 9.98. The SMILES string of the molecule is CC(C)c1ccc(NC(=O)[C@H]2CCCN(S(=O)(=O)c3ccc(-c4ccn[nH]4)o3)C2)cc1. The van der Waals surface area contributed by atoms with Gasteiger partial charge in [-0.25, -0.2) is 8.42 Å². The zero-order valence-electron chi connectivity index (χ0n) is 17.5. The number of piperidine rings is 1.